The average Bonchev–Trinajstić information content (AvgIpc) is 3.19. The second kappa shape index (κ2) is 7.79. The predicted octanol–water partition coefficient (Wildman–Crippen LogP) is 8.73. The average molecular weight is 424 g/mol. The van der Waals surface area contributed by atoms with Gasteiger partial charge < -0.3 is 4.57 Å². The lowest BCUT2D eigenvalue weighted by atomic mass is 9.94. The molecular formula is C32H25N. The van der Waals surface area contributed by atoms with Crippen LogP contribution in [0.3, 0.4) is 0 Å². The number of hydrogen-bond acceptors (Lipinski definition) is 0. The van der Waals surface area contributed by atoms with Crippen LogP contribution in [0.4, 0.5) is 0 Å². The lowest BCUT2D eigenvalue weighted by molar-refractivity contribution is 1.18. The molecule has 0 radical (unpaired) electrons. The quantitative estimate of drug-likeness (QED) is 0.268. The van der Waals surface area contributed by atoms with Crippen molar-refractivity contribution in [2.45, 2.75) is 13.8 Å². The minimum Gasteiger partial charge on any atom is -0.308 e. The van der Waals surface area contributed by atoms with Gasteiger partial charge in [0.25, 0.3) is 0 Å². The summed E-state index contributed by atoms with van der Waals surface area (Å²) in [6, 6.07) is 41.9. The van der Waals surface area contributed by atoms with Gasteiger partial charge in [-0.05, 0) is 37.1 Å². The van der Waals surface area contributed by atoms with E-state index >= 15 is 0 Å². The van der Waals surface area contributed by atoms with Gasteiger partial charge in [0.15, 0.2) is 0 Å². The first kappa shape index (κ1) is 19.6. The highest BCUT2D eigenvalue weighted by molar-refractivity contribution is 6.10. The third kappa shape index (κ3) is 3.25. The second-order valence-electron chi connectivity index (χ2n) is 8.80. The van der Waals surface area contributed by atoms with Crippen molar-refractivity contribution in [2.24, 2.45) is 0 Å². The fraction of sp³-hybridized carbons (Fsp3) is 0.0625. The summed E-state index contributed by atoms with van der Waals surface area (Å²) in [7, 11) is 0. The third-order valence-electron chi connectivity index (χ3n) is 6.56. The Balaban J connectivity index is 1.77. The Morgan fingerprint density at radius 2 is 0.848 bits per heavy atom. The molecule has 1 nitrogen and oxygen atoms in total. The van der Waals surface area contributed by atoms with Gasteiger partial charge in [0.1, 0.15) is 0 Å². The maximum atomic E-state index is 2.45. The maximum absolute atomic E-state index is 2.45. The molecule has 0 saturated heterocycles. The number of rotatable bonds is 3. The van der Waals surface area contributed by atoms with Crippen LogP contribution in [0.15, 0.2) is 115 Å². The predicted molar refractivity (Wildman–Crippen MR) is 141 cm³/mol. The number of aryl methyl sites for hydroxylation is 2. The second-order valence-corrected chi connectivity index (χ2v) is 8.80. The van der Waals surface area contributed by atoms with E-state index in [1.54, 1.807) is 0 Å². The van der Waals surface area contributed by atoms with Gasteiger partial charge in [0.05, 0.1) is 16.7 Å². The molecule has 1 heteroatoms. The molecular weight excluding hydrogens is 398 g/mol. The van der Waals surface area contributed by atoms with Crippen LogP contribution in [-0.4, -0.2) is 4.57 Å². The lowest BCUT2D eigenvalue weighted by Gasteiger charge is -2.19. The van der Waals surface area contributed by atoms with Crippen molar-refractivity contribution in [2.75, 3.05) is 0 Å². The number of nitrogens with zero attached hydrogens (tertiary/aromatic N) is 1. The molecule has 0 N–H and O–H groups in total. The van der Waals surface area contributed by atoms with Gasteiger partial charge in [-0.1, -0.05) is 114 Å². The zero-order valence-electron chi connectivity index (χ0n) is 18.9. The first-order chi connectivity index (χ1) is 16.2. The van der Waals surface area contributed by atoms with Crippen molar-refractivity contribution in [3.05, 3.63) is 126 Å². The van der Waals surface area contributed by atoms with Crippen molar-refractivity contribution in [3.63, 3.8) is 0 Å². The number of para-hydroxylation sites is 3. The molecule has 1 heterocycles. The molecule has 33 heavy (non-hydrogen) atoms. The monoisotopic (exact) mass is 423 g/mol. The third-order valence-corrected chi connectivity index (χ3v) is 6.56. The Morgan fingerprint density at radius 1 is 0.424 bits per heavy atom. The van der Waals surface area contributed by atoms with Crippen molar-refractivity contribution in [3.8, 4) is 27.9 Å². The highest BCUT2D eigenvalue weighted by atomic mass is 15.0. The van der Waals surface area contributed by atoms with Crippen molar-refractivity contribution in [1.82, 2.24) is 4.57 Å². The number of hydrogen-bond donors (Lipinski definition) is 0. The first-order valence-electron chi connectivity index (χ1n) is 11.5. The number of aromatic nitrogens is 1. The Morgan fingerprint density at radius 3 is 1.30 bits per heavy atom. The van der Waals surface area contributed by atoms with E-state index in [4.69, 9.17) is 0 Å². The van der Waals surface area contributed by atoms with Crippen LogP contribution in [0.25, 0.3) is 49.7 Å². The number of benzene rings is 5. The van der Waals surface area contributed by atoms with E-state index in [-0.39, 0.29) is 0 Å². The Labute approximate surface area is 194 Å². The van der Waals surface area contributed by atoms with Crippen LogP contribution in [0.5, 0.6) is 0 Å². The van der Waals surface area contributed by atoms with Gasteiger partial charge in [-0.3, -0.25) is 0 Å². The molecule has 0 amide bonds. The molecule has 0 aliphatic carbocycles. The molecule has 0 unspecified atom stereocenters. The zero-order valence-corrected chi connectivity index (χ0v) is 18.9. The standard InChI is InChI=1S/C32H25N/c1-22-14-18-24(19-15-22)26-10-7-11-27(25-20-16-23(2)17-21-25)32(26)33-30-12-5-3-8-28(30)29-9-4-6-13-31(29)33/h3-21H,1-2H3. The molecule has 0 spiro atoms. The molecule has 1 aromatic heterocycles. The zero-order chi connectivity index (χ0) is 22.4. The summed E-state index contributed by atoms with van der Waals surface area (Å²) in [6.07, 6.45) is 0. The highest BCUT2D eigenvalue weighted by Crippen LogP contribution is 2.41. The SMILES string of the molecule is Cc1ccc(-c2cccc(-c3ccc(C)cc3)c2-n2c3ccccc3c3ccccc32)cc1. The van der Waals surface area contributed by atoms with Gasteiger partial charge in [-0.25, -0.2) is 0 Å². The Bertz CT molecular complexity index is 1480. The van der Waals surface area contributed by atoms with Gasteiger partial charge in [-0.2, -0.15) is 0 Å². The van der Waals surface area contributed by atoms with E-state index in [0.29, 0.717) is 0 Å². The van der Waals surface area contributed by atoms with Crippen LogP contribution in [0.2, 0.25) is 0 Å². The Hall–Kier alpha value is -4.10. The largest absolute Gasteiger partial charge is 0.308 e. The van der Waals surface area contributed by atoms with Crippen LogP contribution >= 0.6 is 0 Å². The molecule has 6 rings (SSSR count). The van der Waals surface area contributed by atoms with Crippen LogP contribution in [-0.2, 0) is 0 Å². The van der Waals surface area contributed by atoms with Gasteiger partial charge in [-0.15, -0.1) is 0 Å². The summed E-state index contributed by atoms with van der Waals surface area (Å²) in [4.78, 5) is 0. The van der Waals surface area contributed by atoms with E-state index in [2.05, 4.69) is 134 Å². The smallest absolute Gasteiger partial charge is 0.0618 e. The Kier molecular flexibility index (Phi) is 4.62. The summed E-state index contributed by atoms with van der Waals surface area (Å²) in [5, 5.41) is 2.56. The molecule has 0 fully saturated rings. The van der Waals surface area contributed by atoms with E-state index in [9.17, 15) is 0 Å². The van der Waals surface area contributed by atoms with E-state index < -0.39 is 0 Å². The molecule has 0 bridgehead atoms. The molecule has 0 aliphatic rings. The minimum atomic E-state index is 1.22. The fourth-order valence-electron chi connectivity index (χ4n) is 4.88. The summed E-state index contributed by atoms with van der Waals surface area (Å²) in [6.45, 7) is 4.28. The van der Waals surface area contributed by atoms with Crippen LogP contribution in [0, 0.1) is 13.8 Å². The molecule has 6 aromatic rings. The molecule has 0 saturated carbocycles. The number of fused-ring (bicyclic) bond motifs is 3. The van der Waals surface area contributed by atoms with E-state index in [0.717, 1.165) is 0 Å². The molecule has 0 atom stereocenters. The first-order valence-corrected chi connectivity index (χ1v) is 11.5. The summed E-state index contributed by atoms with van der Waals surface area (Å²) in [5.41, 5.74) is 11.1. The molecule has 158 valence electrons. The van der Waals surface area contributed by atoms with Crippen LogP contribution in [0.1, 0.15) is 11.1 Å². The summed E-state index contributed by atoms with van der Waals surface area (Å²) >= 11 is 0. The van der Waals surface area contributed by atoms with E-state index in [1.165, 1.54) is 60.9 Å². The van der Waals surface area contributed by atoms with Gasteiger partial charge in [0.2, 0.25) is 0 Å². The van der Waals surface area contributed by atoms with Crippen molar-refractivity contribution in [1.29, 1.82) is 0 Å². The van der Waals surface area contributed by atoms with Crippen LogP contribution < -0.4 is 0 Å². The summed E-state index contributed by atoms with van der Waals surface area (Å²) < 4.78 is 2.45. The maximum Gasteiger partial charge on any atom is 0.0618 e. The van der Waals surface area contributed by atoms with Crippen molar-refractivity contribution < 1.29 is 0 Å². The molecule has 5 aromatic carbocycles. The molecule has 0 aliphatic heterocycles. The summed E-state index contributed by atoms with van der Waals surface area (Å²) in [5.74, 6) is 0. The lowest BCUT2D eigenvalue weighted by Crippen LogP contribution is -2.00. The van der Waals surface area contributed by atoms with Crippen molar-refractivity contribution >= 4 is 21.8 Å². The van der Waals surface area contributed by atoms with E-state index in [1.807, 2.05) is 0 Å². The van der Waals surface area contributed by atoms with Gasteiger partial charge >= 0.3 is 0 Å². The normalized spacial score (nSPS) is 11.3. The topological polar surface area (TPSA) is 4.93 Å². The fourth-order valence-corrected chi connectivity index (χ4v) is 4.88. The minimum absolute atomic E-state index is 1.22. The highest BCUT2D eigenvalue weighted by Gasteiger charge is 2.19. The van der Waals surface area contributed by atoms with Gasteiger partial charge in [0, 0.05) is 21.9 Å².